The molecule has 9 unspecified atom stereocenters. The van der Waals surface area contributed by atoms with Crippen molar-refractivity contribution < 1.29 is 50.0 Å². The van der Waals surface area contributed by atoms with E-state index in [1.165, 1.54) is 218 Å². The number of carbonyl (C=O) groups excluding carboxylic acids is 1. The van der Waals surface area contributed by atoms with Gasteiger partial charge >= 0.3 is 0 Å². The molecule has 1 amide bonds. The first kappa shape index (κ1) is 69.9. The fraction of sp³-hybridized carbons (Fsp3) is 0.952. The number of hydrogen-bond acceptors (Lipinski definition) is 10. The van der Waals surface area contributed by atoms with Gasteiger partial charge in [-0.25, -0.2) is 0 Å². The quantitative estimate of drug-likeness (QED) is 0.0215. The van der Waals surface area contributed by atoms with Gasteiger partial charge < -0.3 is 50.5 Å². The molecule has 1 aliphatic heterocycles. The number of carbonyl (C=O) groups is 1. The van der Waals surface area contributed by atoms with E-state index < -0.39 is 74.2 Å². The van der Waals surface area contributed by atoms with Crippen LogP contribution in [0, 0.1) is 0 Å². The predicted molar refractivity (Wildman–Crippen MR) is 303 cm³/mol. The lowest BCUT2D eigenvalue weighted by molar-refractivity contribution is -0.303. The molecular weight excluding hydrogens is 919 g/mol. The standard InChI is InChI=1S/C62H121NO10/c1-3-5-7-9-11-13-15-17-19-21-23-25-26-27-28-29-30-32-33-35-37-39-41-43-45-47-49-54(65)57(67)53(52-72-62-60(70)59(69)58(68)56(51-64)73-62)63-61(71)55(66)50-48-46-44-42-40-38-36-34-31-24-22-20-18-16-14-12-10-8-6-4-2/h31,34,53-60,62,64-70H,3-30,32-33,35-52H2,1-2H3,(H,63,71)/b34-31-. The Labute approximate surface area is 449 Å². The van der Waals surface area contributed by atoms with E-state index in [0.717, 1.165) is 51.4 Å². The maximum Gasteiger partial charge on any atom is 0.249 e. The molecule has 9 atom stereocenters. The van der Waals surface area contributed by atoms with Crippen LogP contribution >= 0.6 is 0 Å². The van der Waals surface area contributed by atoms with Crippen LogP contribution in [0.25, 0.3) is 0 Å². The molecule has 1 saturated heterocycles. The fourth-order valence-corrected chi connectivity index (χ4v) is 10.4. The molecule has 0 aromatic carbocycles. The normalized spacial score (nSPS) is 19.9. The first-order chi connectivity index (χ1) is 35.7. The molecule has 1 heterocycles. The number of unbranched alkanes of at least 4 members (excludes halogenated alkanes) is 41. The summed E-state index contributed by atoms with van der Waals surface area (Å²) in [5, 5.41) is 76.3. The van der Waals surface area contributed by atoms with E-state index in [9.17, 15) is 40.5 Å². The lowest BCUT2D eigenvalue weighted by Crippen LogP contribution is -2.60. The van der Waals surface area contributed by atoms with Crippen LogP contribution in [0.1, 0.15) is 309 Å². The molecule has 11 nitrogen and oxygen atoms in total. The first-order valence-corrected chi connectivity index (χ1v) is 31.6. The zero-order valence-electron chi connectivity index (χ0n) is 47.6. The molecule has 1 fully saturated rings. The van der Waals surface area contributed by atoms with E-state index in [1.807, 2.05) is 0 Å². The number of allylic oxidation sites excluding steroid dienone is 2. The minimum Gasteiger partial charge on any atom is -0.394 e. The number of aliphatic hydroxyl groups excluding tert-OH is 7. The van der Waals surface area contributed by atoms with Gasteiger partial charge in [-0.2, -0.15) is 0 Å². The SMILES string of the molecule is CCCCCCCCCCCC/C=C\CCCCCCCCC(O)C(=O)NC(COC1OC(CO)C(O)C(O)C1O)C(O)C(O)CCCCCCCCCCCCCCCCCCCCCCCCCCCC. The number of hydrogen-bond donors (Lipinski definition) is 8. The zero-order chi connectivity index (χ0) is 53.3. The maximum atomic E-state index is 13.2. The number of rotatable bonds is 55. The molecule has 73 heavy (non-hydrogen) atoms. The summed E-state index contributed by atoms with van der Waals surface area (Å²) in [7, 11) is 0. The Hall–Kier alpha value is -1.15. The van der Waals surface area contributed by atoms with Crippen LogP contribution in [0.3, 0.4) is 0 Å². The Bertz CT molecular complexity index is 1190. The molecule has 1 rings (SSSR count). The summed E-state index contributed by atoms with van der Waals surface area (Å²) in [5.74, 6) is -0.696. The molecule has 0 spiro atoms. The lowest BCUT2D eigenvalue weighted by Gasteiger charge is -2.40. The van der Waals surface area contributed by atoms with Crippen LogP contribution in [0.4, 0.5) is 0 Å². The third kappa shape index (κ3) is 39.8. The number of aliphatic hydroxyl groups is 7. The van der Waals surface area contributed by atoms with Crippen molar-refractivity contribution in [2.24, 2.45) is 0 Å². The van der Waals surface area contributed by atoms with Crippen molar-refractivity contribution in [2.45, 2.75) is 364 Å². The fourth-order valence-electron chi connectivity index (χ4n) is 10.4. The van der Waals surface area contributed by atoms with Crippen LogP contribution < -0.4 is 5.32 Å². The van der Waals surface area contributed by atoms with E-state index in [2.05, 4.69) is 31.3 Å². The van der Waals surface area contributed by atoms with E-state index in [-0.39, 0.29) is 6.42 Å². The third-order valence-electron chi connectivity index (χ3n) is 15.6. The van der Waals surface area contributed by atoms with E-state index >= 15 is 0 Å². The summed E-state index contributed by atoms with van der Waals surface area (Å²) >= 11 is 0. The van der Waals surface area contributed by atoms with Crippen molar-refractivity contribution in [3.63, 3.8) is 0 Å². The molecule has 434 valence electrons. The molecule has 1 aliphatic rings. The van der Waals surface area contributed by atoms with Gasteiger partial charge in [0.2, 0.25) is 5.91 Å². The van der Waals surface area contributed by atoms with Gasteiger partial charge in [0.05, 0.1) is 25.4 Å². The molecule has 0 aromatic rings. The second-order valence-corrected chi connectivity index (χ2v) is 22.5. The van der Waals surface area contributed by atoms with Gasteiger partial charge in [0.1, 0.15) is 36.6 Å². The average Bonchev–Trinajstić information content (AvgIpc) is 3.39. The number of nitrogens with one attached hydrogen (secondary N) is 1. The molecule has 11 heteroatoms. The van der Waals surface area contributed by atoms with Crippen molar-refractivity contribution in [3.8, 4) is 0 Å². The van der Waals surface area contributed by atoms with Gasteiger partial charge in [0.15, 0.2) is 6.29 Å². The van der Waals surface area contributed by atoms with Gasteiger partial charge in [-0.05, 0) is 38.5 Å². The van der Waals surface area contributed by atoms with Gasteiger partial charge in [-0.1, -0.05) is 283 Å². The van der Waals surface area contributed by atoms with E-state index in [1.54, 1.807) is 0 Å². The van der Waals surface area contributed by atoms with E-state index in [4.69, 9.17) is 9.47 Å². The summed E-state index contributed by atoms with van der Waals surface area (Å²) in [5.41, 5.74) is 0. The smallest absolute Gasteiger partial charge is 0.249 e. The van der Waals surface area contributed by atoms with Crippen LogP contribution in [0.5, 0.6) is 0 Å². The highest BCUT2D eigenvalue weighted by Gasteiger charge is 2.44. The second-order valence-electron chi connectivity index (χ2n) is 22.5. The highest BCUT2D eigenvalue weighted by atomic mass is 16.7. The van der Waals surface area contributed by atoms with Crippen LogP contribution in [0.15, 0.2) is 12.2 Å². The molecule has 0 aliphatic carbocycles. The summed E-state index contributed by atoms with van der Waals surface area (Å²) in [6, 6.07) is -1.17. The summed E-state index contributed by atoms with van der Waals surface area (Å²) in [6.07, 6.45) is 49.8. The first-order valence-electron chi connectivity index (χ1n) is 31.6. The third-order valence-corrected chi connectivity index (χ3v) is 15.6. The zero-order valence-corrected chi connectivity index (χ0v) is 47.6. The molecular formula is C62H121NO10. The highest BCUT2D eigenvalue weighted by molar-refractivity contribution is 5.80. The monoisotopic (exact) mass is 1040 g/mol. The minimum atomic E-state index is -1.66. The maximum absolute atomic E-state index is 13.2. The van der Waals surface area contributed by atoms with Crippen molar-refractivity contribution in [1.82, 2.24) is 5.32 Å². The molecule has 0 aromatic heterocycles. The molecule has 8 N–H and O–H groups in total. The second kappa shape index (κ2) is 51.6. The summed E-state index contributed by atoms with van der Waals surface area (Å²) in [4.78, 5) is 13.2. The van der Waals surface area contributed by atoms with Crippen LogP contribution in [0.2, 0.25) is 0 Å². The molecule has 0 saturated carbocycles. The lowest BCUT2D eigenvalue weighted by atomic mass is 9.98. The summed E-state index contributed by atoms with van der Waals surface area (Å²) < 4.78 is 11.2. The van der Waals surface area contributed by atoms with Crippen molar-refractivity contribution in [1.29, 1.82) is 0 Å². The number of ether oxygens (including phenoxy) is 2. The Morgan fingerprint density at radius 1 is 0.466 bits per heavy atom. The molecule has 0 bridgehead atoms. The highest BCUT2D eigenvalue weighted by Crippen LogP contribution is 2.24. The largest absolute Gasteiger partial charge is 0.394 e. The van der Waals surface area contributed by atoms with Crippen molar-refractivity contribution in [2.75, 3.05) is 13.2 Å². The van der Waals surface area contributed by atoms with Gasteiger partial charge in [-0.3, -0.25) is 4.79 Å². The Kier molecular flexibility index (Phi) is 49.4. The van der Waals surface area contributed by atoms with E-state index in [0.29, 0.717) is 19.3 Å². The summed E-state index contributed by atoms with van der Waals surface area (Å²) in [6.45, 7) is 3.50. The van der Waals surface area contributed by atoms with Crippen LogP contribution in [-0.2, 0) is 14.3 Å². The predicted octanol–water partition coefficient (Wildman–Crippen LogP) is 13.9. The Morgan fingerprint density at radius 3 is 1.15 bits per heavy atom. The average molecular weight is 1040 g/mol. The van der Waals surface area contributed by atoms with Gasteiger partial charge in [-0.15, -0.1) is 0 Å². The van der Waals surface area contributed by atoms with Crippen molar-refractivity contribution >= 4 is 5.91 Å². The van der Waals surface area contributed by atoms with Gasteiger partial charge in [0, 0.05) is 0 Å². The number of amides is 1. The van der Waals surface area contributed by atoms with Gasteiger partial charge in [0.25, 0.3) is 0 Å². The minimum absolute atomic E-state index is 0.256. The van der Waals surface area contributed by atoms with Crippen LogP contribution in [-0.4, -0.2) is 110 Å². The molecule has 0 radical (unpaired) electrons. The topological polar surface area (TPSA) is 189 Å². The Morgan fingerprint density at radius 2 is 0.795 bits per heavy atom. The Balaban J connectivity index is 2.26. The van der Waals surface area contributed by atoms with Crippen molar-refractivity contribution in [3.05, 3.63) is 12.2 Å².